The van der Waals surface area contributed by atoms with Gasteiger partial charge in [0.25, 0.3) is 0 Å². The first-order valence-electron chi connectivity index (χ1n) is 11.0. The van der Waals surface area contributed by atoms with Gasteiger partial charge in [0.1, 0.15) is 5.84 Å². The van der Waals surface area contributed by atoms with E-state index in [0.717, 1.165) is 36.6 Å². The Balaban J connectivity index is 1.60. The van der Waals surface area contributed by atoms with Crippen LogP contribution in [0.2, 0.25) is 0 Å². The minimum Gasteiger partial charge on any atom is -0.376 e. The van der Waals surface area contributed by atoms with Crippen molar-refractivity contribution >= 4 is 11.5 Å². The number of benzene rings is 1. The van der Waals surface area contributed by atoms with Crippen LogP contribution in [0.3, 0.4) is 0 Å². The van der Waals surface area contributed by atoms with Gasteiger partial charge in [-0.15, -0.1) is 0 Å². The first-order valence-corrected chi connectivity index (χ1v) is 11.0. The van der Waals surface area contributed by atoms with E-state index in [4.69, 9.17) is 4.99 Å². The van der Waals surface area contributed by atoms with Crippen molar-refractivity contribution in [2.45, 2.75) is 78.1 Å². The normalized spacial score (nSPS) is 16.8. The highest BCUT2D eigenvalue weighted by atomic mass is 15.0. The van der Waals surface area contributed by atoms with E-state index < -0.39 is 0 Å². The first-order chi connectivity index (χ1) is 13.4. The zero-order valence-corrected chi connectivity index (χ0v) is 18.5. The van der Waals surface area contributed by atoms with Crippen molar-refractivity contribution in [3.05, 3.63) is 28.8 Å². The van der Waals surface area contributed by atoms with Crippen LogP contribution in [-0.2, 0) is 11.8 Å². The molecule has 0 aromatic heterocycles. The molecule has 3 nitrogen and oxygen atoms in total. The largest absolute Gasteiger partial charge is 0.376 e. The zero-order chi connectivity index (χ0) is 20.2. The molecule has 1 fully saturated rings. The molecule has 28 heavy (non-hydrogen) atoms. The van der Waals surface area contributed by atoms with E-state index in [-0.39, 0.29) is 5.41 Å². The molecule has 1 aromatic rings. The third kappa shape index (κ3) is 4.44. The minimum absolute atomic E-state index is 0.161. The van der Waals surface area contributed by atoms with Gasteiger partial charge in [-0.3, -0.25) is 0 Å². The molecule has 152 valence electrons. The summed E-state index contributed by atoms with van der Waals surface area (Å²) in [6, 6.07) is 4.60. The van der Waals surface area contributed by atoms with E-state index in [1.165, 1.54) is 49.7 Å². The molecule has 1 spiro atoms. The van der Waals surface area contributed by atoms with Gasteiger partial charge in [-0.1, -0.05) is 58.4 Å². The predicted octanol–water partition coefficient (Wildman–Crippen LogP) is 5.09. The Morgan fingerprint density at radius 1 is 1.18 bits per heavy atom. The van der Waals surface area contributed by atoms with Gasteiger partial charge in [0.15, 0.2) is 0 Å². The number of rotatable bonds is 6. The third-order valence-corrected chi connectivity index (χ3v) is 6.21. The molecule has 1 aliphatic heterocycles. The van der Waals surface area contributed by atoms with Gasteiger partial charge >= 0.3 is 0 Å². The monoisotopic (exact) mass is 379 g/mol. The highest BCUT2D eigenvalue weighted by Gasteiger charge is 2.48. The molecule has 0 unspecified atom stereocenters. The second-order valence-electron chi connectivity index (χ2n) is 9.52. The molecule has 1 heterocycles. The Hall–Kier alpha value is -1.79. The topological polar surface area (TPSA) is 36.4 Å². The second-order valence-corrected chi connectivity index (χ2v) is 9.52. The van der Waals surface area contributed by atoms with Gasteiger partial charge < -0.3 is 10.6 Å². The van der Waals surface area contributed by atoms with Crippen LogP contribution in [-0.4, -0.2) is 26.0 Å². The maximum absolute atomic E-state index is 4.90. The van der Waals surface area contributed by atoms with Crippen LogP contribution in [0.15, 0.2) is 17.1 Å². The van der Waals surface area contributed by atoms with Crippen LogP contribution in [0.4, 0.5) is 5.69 Å². The number of aryl methyl sites for hydroxylation is 1. The number of unbranched alkanes of at least 4 members (excludes halogenated alkanes) is 1. The van der Waals surface area contributed by atoms with Crippen LogP contribution >= 0.6 is 0 Å². The highest BCUT2D eigenvalue weighted by Crippen LogP contribution is 2.52. The lowest BCUT2D eigenvalue weighted by molar-refractivity contribution is 0.340. The van der Waals surface area contributed by atoms with E-state index >= 15 is 0 Å². The molecule has 0 bridgehead atoms. The summed E-state index contributed by atoms with van der Waals surface area (Å²) in [7, 11) is 2.00. The number of hydrogen-bond acceptors (Lipinski definition) is 3. The summed E-state index contributed by atoms with van der Waals surface area (Å²) in [6.45, 7) is 11.0. The maximum Gasteiger partial charge on any atom is 0.113 e. The van der Waals surface area contributed by atoms with Gasteiger partial charge in [0.05, 0.1) is 17.6 Å². The van der Waals surface area contributed by atoms with Crippen molar-refractivity contribution in [1.82, 2.24) is 10.6 Å². The summed E-state index contributed by atoms with van der Waals surface area (Å²) < 4.78 is 0. The molecular formula is C25H37N3. The first kappa shape index (κ1) is 20.9. The summed E-state index contributed by atoms with van der Waals surface area (Å²) in [5.41, 5.74) is 5.65. The van der Waals surface area contributed by atoms with Crippen LogP contribution < -0.4 is 10.6 Å². The summed E-state index contributed by atoms with van der Waals surface area (Å²) in [5.74, 6) is 7.88. The number of fused-ring (bicyclic) bond motifs is 2. The maximum atomic E-state index is 4.90. The number of aliphatic imine (C=N–C) groups is 1. The van der Waals surface area contributed by atoms with Gasteiger partial charge in [0.2, 0.25) is 0 Å². The molecule has 0 atom stereocenters. The molecule has 0 radical (unpaired) electrons. The van der Waals surface area contributed by atoms with Crippen molar-refractivity contribution in [1.29, 1.82) is 0 Å². The Morgan fingerprint density at radius 3 is 2.57 bits per heavy atom. The summed E-state index contributed by atoms with van der Waals surface area (Å²) in [6.07, 6.45) is 8.53. The number of amidine groups is 1. The fourth-order valence-corrected chi connectivity index (χ4v) is 4.40. The fourth-order valence-electron chi connectivity index (χ4n) is 4.40. The Bertz CT molecular complexity index is 782. The van der Waals surface area contributed by atoms with Crippen molar-refractivity contribution in [3.63, 3.8) is 0 Å². The van der Waals surface area contributed by atoms with Gasteiger partial charge in [0, 0.05) is 12.6 Å². The third-order valence-electron chi connectivity index (χ3n) is 6.21. The molecule has 0 saturated heterocycles. The van der Waals surface area contributed by atoms with Gasteiger partial charge in [-0.05, 0) is 61.3 Å². The molecule has 1 saturated carbocycles. The van der Waals surface area contributed by atoms with E-state index in [1.54, 1.807) is 0 Å². The number of nitrogens with zero attached hydrogens (tertiary/aromatic N) is 1. The van der Waals surface area contributed by atoms with E-state index in [9.17, 15) is 0 Å². The molecule has 2 aliphatic rings. The molecule has 1 aliphatic carbocycles. The van der Waals surface area contributed by atoms with Crippen LogP contribution in [0.1, 0.15) is 82.9 Å². The molecular weight excluding hydrogens is 342 g/mol. The number of nitrogens with one attached hydrogen (secondary N) is 2. The molecule has 3 heteroatoms. The van der Waals surface area contributed by atoms with Gasteiger partial charge in [-0.2, -0.15) is 0 Å². The average Bonchev–Trinajstić information content (AvgIpc) is 2.95. The van der Waals surface area contributed by atoms with Crippen LogP contribution in [0.25, 0.3) is 0 Å². The van der Waals surface area contributed by atoms with E-state index in [0.29, 0.717) is 5.41 Å². The average molecular weight is 380 g/mol. The Morgan fingerprint density at radius 2 is 1.96 bits per heavy atom. The molecule has 1 aromatic carbocycles. The van der Waals surface area contributed by atoms with Crippen molar-refractivity contribution < 1.29 is 0 Å². The SMILES string of the molecule is CCc1cc2c(cc1C#CCNCCCCC(C)(C)C)N=C(NC)C21CCC1. The quantitative estimate of drug-likeness (QED) is 0.533. The Labute approximate surface area is 171 Å². The van der Waals surface area contributed by atoms with E-state index in [1.807, 2.05) is 7.05 Å². The highest BCUT2D eigenvalue weighted by molar-refractivity contribution is 6.01. The molecule has 2 N–H and O–H groups in total. The van der Waals surface area contributed by atoms with Crippen LogP contribution in [0.5, 0.6) is 0 Å². The van der Waals surface area contributed by atoms with E-state index in [2.05, 4.69) is 62.3 Å². The van der Waals surface area contributed by atoms with Crippen LogP contribution in [0, 0.1) is 17.3 Å². The minimum atomic E-state index is 0.161. The molecule has 0 amide bonds. The van der Waals surface area contributed by atoms with Crippen molar-refractivity contribution in [3.8, 4) is 11.8 Å². The number of hydrogen-bond donors (Lipinski definition) is 2. The van der Waals surface area contributed by atoms with Crippen molar-refractivity contribution in [2.75, 3.05) is 20.1 Å². The lowest BCUT2D eigenvalue weighted by Gasteiger charge is -2.40. The number of likely N-dealkylation sites (N-methyl/N-ethyl adjacent to an activating group) is 1. The zero-order valence-electron chi connectivity index (χ0n) is 18.5. The summed E-state index contributed by atoms with van der Waals surface area (Å²) in [5, 5.41) is 6.82. The predicted molar refractivity (Wildman–Crippen MR) is 121 cm³/mol. The summed E-state index contributed by atoms with van der Waals surface area (Å²) in [4.78, 5) is 4.90. The molecule has 3 rings (SSSR count). The summed E-state index contributed by atoms with van der Waals surface area (Å²) >= 11 is 0. The van der Waals surface area contributed by atoms with Gasteiger partial charge in [-0.25, -0.2) is 4.99 Å². The van der Waals surface area contributed by atoms with Crippen molar-refractivity contribution in [2.24, 2.45) is 10.4 Å². The Kier molecular flexibility index (Phi) is 6.50. The lowest BCUT2D eigenvalue weighted by Crippen LogP contribution is -2.45. The lowest BCUT2D eigenvalue weighted by atomic mass is 9.64. The smallest absolute Gasteiger partial charge is 0.113 e. The second kappa shape index (κ2) is 8.70. The standard InChI is InChI=1S/C25H37N3/c1-6-19-17-21-22(28-23(26-5)25(21)13-10-14-25)18-20(19)11-9-16-27-15-8-7-12-24(2,3)4/h17-18,27H,6-8,10,12-16H2,1-5H3,(H,26,28). The fraction of sp³-hybridized carbons (Fsp3) is 0.640.